The lowest BCUT2D eigenvalue weighted by molar-refractivity contribution is 0.439. The Labute approximate surface area is 120 Å². The highest BCUT2D eigenvalue weighted by Gasteiger charge is 2.45. The summed E-state index contributed by atoms with van der Waals surface area (Å²) in [5.41, 5.74) is 2.51. The van der Waals surface area contributed by atoms with E-state index in [0.29, 0.717) is 6.04 Å². The van der Waals surface area contributed by atoms with Gasteiger partial charge in [0.15, 0.2) is 0 Å². The van der Waals surface area contributed by atoms with Crippen LogP contribution < -0.4 is 5.32 Å². The molecule has 0 heterocycles. The van der Waals surface area contributed by atoms with E-state index in [1.165, 1.54) is 45.9 Å². The van der Waals surface area contributed by atoms with Crippen molar-refractivity contribution in [2.24, 2.45) is 11.8 Å². The summed E-state index contributed by atoms with van der Waals surface area (Å²) in [7, 11) is 0. The van der Waals surface area contributed by atoms with Gasteiger partial charge in [0.05, 0.1) is 5.69 Å². The van der Waals surface area contributed by atoms with Crippen LogP contribution in [-0.2, 0) is 0 Å². The first-order valence-corrected chi connectivity index (χ1v) is 7.96. The molecule has 2 aliphatic carbocycles. The average molecular weight is 359 g/mol. The molecule has 3 heteroatoms. The second-order valence-electron chi connectivity index (χ2n) is 5.44. The number of nitrogens with one attached hydrogen (secondary N) is 1. The molecule has 2 aliphatic rings. The molecular formula is C14H17Br2N. The van der Waals surface area contributed by atoms with Crippen molar-refractivity contribution in [1.29, 1.82) is 0 Å². The molecule has 0 spiro atoms. The molecule has 1 nitrogen and oxygen atoms in total. The normalized spacial score (nSPS) is 30.9. The van der Waals surface area contributed by atoms with Gasteiger partial charge in [-0.05, 0) is 81.2 Å². The number of benzene rings is 1. The van der Waals surface area contributed by atoms with Crippen LogP contribution in [0.15, 0.2) is 21.1 Å². The maximum atomic E-state index is 3.74. The van der Waals surface area contributed by atoms with Crippen LogP contribution in [0.5, 0.6) is 0 Å². The number of hydrogen-bond donors (Lipinski definition) is 1. The molecule has 1 aromatic carbocycles. The molecule has 0 amide bonds. The van der Waals surface area contributed by atoms with E-state index in [4.69, 9.17) is 0 Å². The van der Waals surface area contributed by atoms with Crippen LogP contribution >= 0.6 is 31.9 Å². The van der Waals surface area contributed by atoms with Gasteiger partial charge in [-0.25, -0.2) is 0 Å². The number of anilines is 1. The Bertz CT molecular complexity index is 421. The number of aryl methyl sites for hydroxylation is 1. The molecule has 0 aromatic heterocycles. The molecule has 92 valence electrons. The fraction of sp³-hybridized carbons (Fsp3) is 0.571. The standard InChI is InChI=1S/C14H17Br2N/c1-8-5-11(15)14(12(16)6-8)17-13-4-2-3-9-7-10(9)13/h5-6,9-10,13,17H,2-4,7H2,1H3. The summed E-state index contributed by atoms with van der Waals surface area (Å²) >= 11 is 7.33. The lowest BCUT2D eigenvalue weighted by Gasteiger charge is -2.25. The Morgan fingerprint density at radius 3 is 2.59 bits per heavy atom. The quantitative estimate of drug-likeness (QED) is 0.773. The number of rotatable bonds is 2. The van der Waals surface area contributed by atoms with E-state index >= 15 is 0 Å². The fourth-order valence-corrected chi connectivity index (χ4v) is 4.76. The minimum Gasteiger partial charge on any atom is -0.380 e. The molecule has 3 rings (SSSR count). The lowest BCUT2D eigenvalue weighted by Crippen LogP contribution is -2.25. The predicted octanol–water partition coefficient (Wildman–Crippen LogP) is 5.12. The first-order chi connectivity index (χ1) is 8.15. The third-order valence-corrected chi connectivity index (χ3v) is 5.35. The maximum Gasteiger partial charge on any atom is 0.0631 e. The van der Waals surface area contributed by atoms with Crippen LogP contribution in [0.25, 0.3) is 0 Å². The van der Waals surface area contributed by atoms with E-state index in [2.05, 4.69) is 56.2 Å². The number of hydrogen-bond acceptors (Lipinski definition) is 1. The zero-order valence-corrected chi connectivity index (χ0v) is 13.1. The maximum absolute atomic E-state index is 3.74. The largest absolute Gasteiger partial charge is 0.380 e. The smallest absolute Gasteiger partial charge is 0.0631 e. The summed E-state index contributed by atoms with van der Waals surface area (Å²) in [6.45, 7) is 2.12. The van der Waals surface area contributed by atoms with Gasteiger partial charge in [-0.3, -0.25) is 0 Å². The molecular weight excluding hydrogens is 342 g/mol. The summed E-state index contributed by atoms with van der Waals surface area (Å²) in [6, 6.07) is 5.05. The molecule has 0 bridgehead atoms. The van der Waals surface area contributed by atoms with E-state index in [0.717, 1.165) is 11.8 Å². The second-order valence-corrected chi connectivity index (χ2v) is 7.15. The van der Waals surface area contributed by atoms with Gasteiger partial charge in [0.1, 0.15) is 0 Å². The van der Waals surface area contributed by atoms with Crippen molar-refractivity contribution in [3.8, 4) is 0 Å². The van der Waals surface area contributed by atoms with Gasteiger partial charge in [-0.1, -0.05) is 12.8 Å². The number of halogens is 2. The van der Waals surface area contributed by atoms with Crippen molar-refractivity contribution in [2.75, 3.05) is 5.32 Å². The fourth-order valence-electron chi connectivity index (χ4n) is 3.11. The topological polar surface area (TPSA) is 12.0 Å². The summed E-state index contributed by atoms with van der Waals surface area (Å²) in [4.78, 5) is 0. The van der Waals surface area contributed by atoms with Crippen LogP contribution in [0.2, 0.25) is 0 Å². The molecule has 3 unspecified atom stereocenters. The van der Waals surface area contributed by atoms with Gasteiger partial charge in [-0.2, -0.15) is 0 Å². The minimum absolute atomic E-state index is 0.684. The van der Waals surface area contributed by atoms with E-state index in [1.807, 2.05) is 0 Å². The van der Waals surface area contributed by atoms with Crippen LogP contribution in [-0.4, -0.2) is 6.04 Å². The first-order valence-electron chi connectivity index (χ1n) is 6.37. The van der Waals surface area contributed by atoms with E-state index in [9.17, 15) is 0 Å². The van der Waals surface area contributed by atoms with Gasteiger partial charge in [-0.15, -0.1) is 0 Å². The molecule has 1 N–H and O–H groups in total. The lowest BCUT2D eigenvalue weighted by atomic mass is 9.95. The Kier molecular flexibility index (Phi) is 3.24. The van der Waals surface area contributed by atoms with E-state index in [-0.39, 0.29) is 0 Å². The molecule has 0 aliphatic heterocycles. The number of fused-ring (bicyclic) bond motifs is 1. The Morgan fingerprint density at radius 2 is 1.88 bits per heavy atom. The average Bonchev–Trinajstić information content (AvgIpc) is 3.02. The Morgan fingerprint density at radius 1 is 1.18 bits per heavy atom. The molecule has 0 radical (unpaired) electrons. The zero-order valence-electron chi connectivity index (χ0n) is 9.97. The van der Waals surface area contributed by atoms with Crippen LogP contribution in [0.4, 0.5) is 5.69 Å². The SMILES string of the molecule is Cc1cc(Br)c(NC2CCCC3CC32)c(Br)c1. The summed E-state index contributed by atoms with van der Waals surface area (Å²) in [5, 5.41) is 3.74. The Hall–Kier alpha value is -0.0200. The van der Waals surface area contributed by atoms with Crippen LogP contribution in [0, 0.1) is 18.8 Å². The predicted molar refractivity (Wildman–Crippen MR) is 79.4 cm³/mol. The first kappa shape index (κ1) is 12.0. The van der Waals surface area contributed by atoms with Crippen molar-refractivity contribution < 1.29 is 0 Å². The van der Waals surface area contributed by atoms with Crippen molar-refractivity contribution in [2.45, 2.75) is 38.6 Å². The summed E-state index contributed by atoms with van der Waals surface area (Å²) < 4.78 is 2.35. The molecule has 17 heavy (non-hydrogen) atoms. The van der Waals surface area contributed by atoms with Crippen molar-refractivity contribution in [1.82, 2.24) is 0 Å². The molecule has 2 fully saturated rings. The van der Waals surface area contributed by atoms with Gasteiger partial charge in [0, 0.05) is 15.0 Å². The molecule has 3 atom stereocenters. The molecule has 1 aromatic rings. The second kappa shape index (κ2) is 4.58. The van der Waals surface area contributed by atoms with Crippen LogP contribution in [0.1, 0.15) is 31.2 Å². The summed E-state index contributed by atoms with van der Waals surface area (Å²) in [6.07, 6.45) is 5.62. The summed E-state index contributed by atoms with van der Waals surface area (Å²) in [5.74, 6) is 1.95. The van der Waals surface area contributed by atoms with Crippen molar-refractivity contribution in [3.63, 3.8) is 0 Å². The van der Waals surface area contributed by atoms with Gasteiger partial charge < -0.3 is 5.32 Å². The minimum atomic E-state index is 0.684. The Balaban J connectivity index is 1.80. The van der Waals surface area contributed by atoms with Gasteiger partial charge in [0.2, 0.25) is 0 Å². The van der Waals surface area contributed by atoms with Gasteiger partial charge in [0.25, 0.3) is 0 Å². The highest BCUT2D eigenvalue weighted by Crippen LogP contribution is 2.51. The molecule has 2 saturated carbocycles. The van der Waals surface area contributed by atoms with E-state index < -0.39 is 0 Å². The van der Waals surface area contributed by atoms with Crippen LogP contribution in [0.3, 0.4) is 0 Å². The highest BCUT2D eigenvalue weighted by molar-refractivity contribution is 9.11. The third kappa shape index (κ3) is 2.41. The zero-order chi connectivity index (χ0) is 12.0. The highest BCUT2D eigenvalue weighted by atomic mass is 79.9. The third-order valence-electron chi connectivity index (χ3n) is 4.10. The van der Waals surface area contributed by atoms with Crippen molar-refractivity contribution in [3.05, 3.63) is 26.6 Å². The van der Waals surface area contributed by atoms with E-state index in [1.54, 1.807) is 0 Å². The van der Waals surface area contributed by atoms with Gasteiger partial charge >= 0.3 is 0 Å². The molecule has 0 saturated heterocycles. The van der Waals surface area contributed by atoms with Crippen molar-refractivity contribution >= 4 is 37.5 Å². The monoisotopic (exact) mass is 357 g/mol.